The Bertz CT molecular complexity index is 92.6. The van der Waals surface area contributed by atoms with E-state index in [0.717, 1.165) is 0 Å². The molecule has 8 nitrogen and oxygen atoms in total. The van der Waals surface area contributed by atoms with E-state index in [2.05, 4.69) is 27.7 Å². The molecule has 0 fully saturated rings. The van der Waals surface area contributed by atoms with E-state index in [1.807, 2.05) is 0 Å². The molecule has 16 heavy (non-hydrogen) atoms. The van der Waals surface area contributed by atoms with Crippen molar-refractivity contribution < 1.29 is 40.5 Å². The normalized spacial score (nSPS) is 5.62. The second kappa shape index (κ2) is 50.1. The number of rotatable bonds is 0. The van der Waals surface area contributed by atoms with Gasteiger partial charge in [-0.2, -0.15) is 0 Å². The molecule has 0 atom stereocenters. The Morgan fingerprint density at radius 3 is 0.688 bits per heavy atom. The molecule has 0 amide bonds. The molecular formula is C8H22O8. The van der Waals surface area contributed by atoms with E-state index in [0.29, 0.717) is 0 Å². The van der Waals surface area contributed by atoms with Crippen LogP contribution in [0.3, 0.4) is 0 Å². The lowest BCUT2D eigenvalue weighted by Gasteiger charge is -1.60. The molecule has 0 saturated heterocycles. The highest BCUT2D eigenvalue weighted by atomic mass is 17.0. The SMILES string of the molecule is CCC.CCC.O=C(O)O.O=C(O)O.OO. The van der Waals surface area contributed by atoms with Crippen molar-refractivity contribution in [1.82, 2.24) is 0 Å². The van der Waals surface area contributed by atoms with E-state index in [1.54, 1.807) is 0 Å². The average Bonchev–Trinajstić information content (AvgIpc) is 2.07. The van der Waals surface area contributed by atoms with Crippen molar-refractivity contribution >= 4 is 12.3 Å². The smallest absolute Gasteiger partial charge is 0.450 e. The highest BCUT2D eigenvalue weighted by molar-refractivity contribution is 5.53. The van der Waals surface area contributed by atoms with Crippen molar-refractivity contribution in [3.8, 4) is 0 Å². The van der Waals surface area contributed by atoms with Gasteiger partial charge in [0.1, 0.15) is 0 Å². The van der Waals surface area contributed by atoms with Gasteiger partial charge < -0.3 is 20.4 Å². The Morgan fingerprint density at radius 1 is 0.688 bits per heavy atom. The van der Waals surface area contributed by atoms with E-state index in [-0.39, 0.29) is 0 Å². The summed E-state index contributed by atoms with van der Waals surface area (Å²) in [5.74, 6) is 0. The molecule has 8 heteroatoms. The van der Waals surface area contributed by atoms with Crippen molar-refractivity contribution in [2.24, 2.45) is 0 Å². The maximum absolute atomic E-state index is 8.56. The van der Waals surface area contributed by atoms with Gasteiger partial charge in [0.25, 0.3) is 0 Å². The molecule has 0 aliphatic heterocycles. The Kier molecular flexibility index (Phi) is 91.6. The molecule has 0 aliphatic rings. The van der Waals surface area contributed by atoms with Crippen LogP contribution in [-0.2, 0) is 0 Å². The zero-order chi connectivity index (χ0) is 14.6. The largest absolute Gasteiger partial charge is 0.503 e. The maximum Gasteiger partial charge on any atom is 0.503 e. The molecule has 0 aromatic rings. The fraction of sp³-hybridized carbons (Fsp3) is 0.750. The fourth-order valence-electron chi connectivity index (χ4n) is 0. The Labute approximate surface area is 94.3 Å². The molecule has 102 valence electrons. The van der Waals surface area contributed by atoms with Gasteiger partial charge in [-0.3, -0.25) is 10.5 Å². The summed E-state index contributed by atoms with van der Waals surface area (Å²) < 4.78 is 0. The maximum atomic E-state index is 8.56. The minimum atomic E-state index is -1.83. The van der Waals surface area contributed by atoms with Gasteiger partial charge in [0, 0.05) is 0 Å². The van der Waals surface area contributed by atoms with Gasteiger partial charge >= 0.3 is 12.3 Å². The molecule has 0 bridgehead atoms. The predicted octanol–water partition coefficient (Wildman–Crippen LogP) is 3.29. The molecule has 0 radical (unpaired) electrons. The van der Waals surface area contributed by atoms with E-state index in [1.165, 1.54) is 12.8 Å². The summed E-state index contributed by atoms with van der Waals surface area (Å²) in [5.41, 5.74) is 0. The lowest BCUT2D eigenvalue weighted by atomic mass is 10.6. The number of hydrogen-bond donors (Lipinski definition) is 6. The summed E-state index contributed by atoms with van der Waals surface area (Å²) in [6.07, 6.45) is -1.17. The first kappa shape index (κ1) is 29.3. The van der Waals surface area contributed by atoms with Crippen LogP contribution >= 0.6 is 0 Å². The van der Waals surface area contributed by atoms with Gasteiger partial charge in [0.15, 0.2) is 0 Å². The minimum Gasteiger partial charge on any atom is -0.450 e. The third-order valence-electron chi connectivity index (χ3n) is 0. The topological polar surface area (TPSA) is 156 Å². The average molecular weight is 246 g/mol. The quantitative estimate of drug-likeness (QED) is 0.281. The van der Waals surface area contributed by atoms with E-state index >= 15 is 0 Å². The number of carboxylic acid groups (broad SMARTS) is 4. The summed E-state index contributed by atoms with van der Waals surface area (Å²) in [6.45, 7) is 8.50. The summed E-state index contributed by atoms with van der Waals surface area (Å²) >= 11 is 0. The summed E-state index contributed by atoms with van der Waals surface area (Å²) in [5, 5.41) is 39.9. The lowest BCUT2D eigenvalue weighted by Crippen LogP contribution is -1.81. The molecule has 0 saturated carbocycles. The predicted molar refractivity (Wildman–Crippen MR) is 58.5 cm³/mol. The van der Waals surface area contributed by atoms with E-state index < -0.39 is 12.3 Å². The number of hydrogen-bond acceptors (Lipinski definition) is 4. The Balaban J connectivity index is -0.0000000322. The second-order valence-corrected chi connectivity index (χ2v) is 1.98. The van der Waals surface area contributed by atoms with Crippen molar-refractivity contribution in [1.29, 1.82) is 0 Å². The van der Waals surface area contributed by atoms with Crippen molar-refractivity contribution in [3.05, 3.63) is 0 Å². The Hall–Kier alpha value is -1.54. The van der Waals surface area contributed by atoms with E-state index in [9.17, 15) is 0 Å². The minimum absolute atomic E-state index is 1.25. The molecular weight excluding hydrogens is 224 g/mol. The molecule has 0 aliphatic carbocycles. The first-order chi connectivity index (χ1) is 7.29. The van der Waals surface area contributed by atoms with Crippen LogP contribution in [0.5, 0.6) is 0 Å². The molecule has 6 N–H and O–H groups in total. The third kappa shape index (κ3) is 690. The van der Waals surface area contributed by atoms with Gasteiger partial charge in [0.05, 0.1) is 0 Å². The monoisotopic (exact) mass is 246 g/mol. The van der Waals surface area contributed by atoms with Gasteiger partial charge in [0.2, 0.25) is 0 Å². The highest BCUT2D eigenvalue weighted by Crippen LogP contribution is 1.56. The lowest BCUT2D eigenvalue weighted by molar-refractivity contribution is -0.176. The second-order valence-electron chi connectivity index (χ2n) is 1.98. The summed E-state index contributed by atoms with van der Waals surface area (Å²) in [6, 6.07) is 0. The first-order valence-electron chi connectivity index (χ1n) is 4.33. The highest BCUT2D eigenvalue weighted by Gasteiger charge is 1.70. The van der Waals surface area contributed by atoms with Crippen LogP contribution in [0.4, 0.5) is 9.59 Å². The van der Waals surface area contributed by atoms with Crippen molar-refractivity contribution in [2.75, 3.05) is 0 Å². The first-order valence-corrected chi connectivity index (χ1v) is 4.33. The zero-order valence-corrected chi connectivity index (χ0v) is 9.91. The van der Waals surface area contributed by atoms with Crippen LogP contribution in [0.2, 0.25) is 0 Å². The molecule has 0 unspecified atom stereocenters. The Morgan fingerprint density at radius 2 is 0.688 bits per heavy atom. The zero-order valence-electron chi connectivity index (χ0n) is 9.91. The van der Waals surface area contributed by atoms with Gasteiger partial charge in [-0.1, -0.05) is 40.5 Å². The van der Waals surface area contributed by atoms with Gasteiger partial charge in [-0.05, 0) is 0 Å². The molecule has 0 aromatic heterocycles. The van der Waals surface area contributed by atoms with Crippen LogP contribution in [0.25, 0.3) is 0 Å². The van der Waals surface area contributed by atoms with Gasteiger partial charge in [-0.15, -0.1) is 0 Å². The van der Waals surface area contributed by atoms with Crippen LogP contribution < -0.4 is 0 Å². The molecule has 0 heterocycles. The fourth-order valence-corrected chi connectivity index (χ4v) is 0. The van der Waals surface area contributed by atoms with Gasteiger partial charge in [-0.25, -0.2) is 9.59 Å². The molecule has 0 spiro atoms. The number of carbonyl (C=O) groups is 2. The van der Waals surface area contributed by atoms with Crippen LogP contribution in [-0.4, -0.2) is 43.3 Å². The van der Waals surface area contributed by atoms with E-state index in [4.69, 9.17) is 40.5 Å². The van der Waals surface area contributed by atoms with Crippen LogP contribution in [0, 0.1) is 0 Å². The molecule has 0 rings (SSSR count). The molecule has 0 aromatic carbocycles. The third-order valence-corrected chi connectivity index (χ3v) is 0. The van der Waals surface area contributed by atoms with Crippen molar-refractivity contribution in [2.45, 2.75) is 40.5 Å². The van der Waals surface area contributed by atoms with Crippen LogP contribution in [0.15, 0.2) is 0 Å². The van der Waals surface area contributed by atoms with Crippen LogP contribution in [0.1, 0.15) is 40.5 Å². The summed E-state index contributed by atoms with van der Waals surface area (Å²) in [7, 11) is 0. The standard InChI is InChI=1S/2C3H8.2CH2O3.H2O2/c2*1-3-2;2*2-1(3)4;1-2/h2*3H2,1-2H3;2*(H2,2,3,4);1-2H. The summed E-state index contributed by atoms with van der Waals surface area (Å²) in [4.78, 5) is 17.1. The van der Waals surface area contributed by atoms with Crippen molar-refractivity contribution in [3.63, 3.8) is 0 Å².